The number of ether oxygens (including phenoxy) is 2. The van der Waals surface area contributed by atoms with Crippen LogP contribution in [0.2, 0.25) is 0 Å². The second-order valence-corrected chi connectivity index (χ2v) is 13.8. The molecule has 2 aromatic carbocycles. The van der Waals surface area contributed by atoms with Crippen LogP contribution in [0, 0.1) is 11.8 Å². The molecule has 2 aliphatic rings. The number of carbonyl (C=O) groups is 1. The average Bonchev–Trinajstić information content (AvgIpc) is 2.95. The van der Waals surface area contributed by atoms with E-state index in [0.29, 0.717) is 36.3 Å². The van der Waals surface area contributed by atoms with E-state index in [-0.39, 0.29) is 22.3 Å². The minimum absolute atomic E-state index is 0.0389. The lowest BCUT2D eigenvalue weighted by Gasteiger charge is -2.29. The lowest BCUT2D eigenvalue weighted by Crippen LogP contribution is -2.34. The molecule has 0 saturated carbocycles. The van der Waals surface area contributed by atoms with Crippen LogP contribution in [0.4, 0.5) is 5.69 Å². The molecule has 39 heavy (non-hydrogen) atoms. The molecule has 2 heterocycles. The summed E-state index contributed by atoms with van der Waals surface area (Å²) in [6.07, 6.45) is 4.24. The van der Waals surface area contributed by atoms with Crippen LogP contribution in [-0.4, -0.2) is 58.2 Å². The Morgan fingerprint density at radius 2 is 1.64 bits per heavy atom. The first-order valence-electron chi connectivity index (χ1n) is 14.0. The van der Waals surface area contributed by atoms with Crippen LogP contribution in [0.25, 0.3) is 0 Å². The molecule has 0 amide bonds. The van der Waals surface area contributed by atoms with Gasteiger partial charge in [0.1, 0.15) is 0 Å². The fraction of sp³-hybridized carbons (Fsp3) is 0.567. The van der Waals surface area contributed by atoms with Gasteiger partial charge in [-0.05, 0) is 85.3 Å². The highest BCUT2D eigenvalue weighted by Gasteiger charge is 2.32. The van der Waals surface area contributed by atoms with E-state index in [4.69, 9.17) is 9.47 Å². The van der Waals surface area contributed by atoms with Crippen molar-refractivity contribution in [2.75, 3.05) is 43.0 Å². The first-order chi connectivity index (χ1) is 18.7. The summed E-state index contributed by atoms with van der Waals surface area (Å²) >= 11 is 1.56. The van der Waals surface area contributed by atoms with E-state index in [0.717, 1.165) is 62.2 Å². The SMILES string of the molecule is CCc1ccc(N(CC(C)C)S(=O)(=O)c2cc(C(=O)O)c(SCC3CCOCC3)c(C3CCOCC3)c2)cc1. The van der Waals surface area contributed by atoms with Crippen molar-refractivity contribution in [2.45, 2.75) is 68.6 Å². The van der Waals surface area contributed by atoms with Crippen LogP contribution in [0.15, 0.2) is 46.2 Å². The van der Waals surface area contributed by atoms with Gasteiger partial charge in [0.2, 0.25) is 0 Å². The van der Waals surface area contributed by atoms with Gasteiger partial charge in [0.15, 0.2) is 0 Å². The lowest BCUT2D eigenvalue weighted by molar-refractivity contribution is 0.0690. The number of sulfonamides is 1. The van der Waals surface area contributed by atoms with E-state index in [2.05, 4.69) is 6.92 Å². The molecule has 2 fully saturated rings. The van der Waals surface area contributed by atoms with Gasteiger partial charge in [-0.1, -0.05) is 32.9 Å². The van der Waals surface area contributed by atoms with Gasteiger partial charge in [-0.15, -0.1) is 11.8 Å². The Kier molecular flexibility index (Phi) is 10.4. The Morgan fingerprint density at radius 3 is 2.21 bits per heavy atom. The van der Waals surface area contributed by atoms with Crippen LogP contribution >= 0.6 is 11.8 Å². The van der Waals surface area contributed by atoms with Crippen molar-refractivity contribution in [3.63, 3.8) is 0 Å². The van der Waals surface area contributed by atoms with Crippen LogP contribution in [-0.2, 0) is 25.9 Å². The topological polar surface area (TPSA) is 93.1 Å². The van der Waals surface area contributed by atoms with Crippen molar-refractivity contribution in [3.8, 4) is 0 Å². The monoisotopic (exact) mass is 575 g/mol. The molecular formula is C30H41NO6S2. The molecule has 9 heteroatoms. The second-order valence-electron chi connectivity index (χ2n) is 10.9. The molecule has 0 atom stereocenters. The van der Waals surface area contributed by atoms with Gasteiger partial charge in [0.25, 0.3) is 10.0 Å². The number of nitrogens with zero attached hydrogens (tertiary/aromatic N) is 1. The van der Waals surface area contributed by atoms with Gasteiger partial charge in [-0.2, -0.15) is 0 Å². The maximum atomic E-state index is 14.2. The highest BCUT2D eigenvalue weighted by atomic mass is 32.2. The number of aryl methyl sites for hydroxylation is 1. The molecule has 214 valence electrons. The predicted octanol–water partition coefficient (Wildman–Crippen LogP) is 6.21. The van der Waals surface area contributed by atoms with Crippen molar-refractivity contribution in [1.29, 1.82) is 0 Å². The van der Waals surface area contributed by atoms with Crippen molar-refractivity contribution in [1.82, 2.24) is 0 Å². The molecule has 0 unspecified atom stereocenters. The molecule has 4 rings (SSSR count). The summed E-state index contributed by atoms with van der Waals surface area (Å²) < 4.78 is 41.0. The highest BCUT2D eigenvalue weighted by molar-refractivity contribution is 7.99. The van der Waals surface area contributed by atoms with Gasteiger partial charge in [-0.25, -0.2) is 13.2 Å². The molecule has 0 radical (unpaired) electrons. The van der Waals surface area contributed by atoms with Crippen molar-refractivity contribution < 1.29 is 27.8 Å². The number of thioether (sulfide) groups is 1. The number of hydrogen-bond donors (Lipinski definition) is 1. The van der Waals surface area contributed by atoms with E-state index in [1.165, 1.54) is 10.4 Å². The average molecular weight is 576 g/mol. The zero-order valence-corrected chi connectivity index (χ0v) is 24.9. The van der Waals surface area contributed by atoms with Crippen LogP contribution in [0.5, 0.6) is 0 Å². The molecule has 2 aliphatic heterocycles. The third kappa shape index (κ3) is 7.37. The molecule has 0 aliphatic carbocycles. The van der Waals surface area contributed by atoms with Crippen molar-refractivity contribution in [3.05, 3.63) is 53.1 Å². The molecule has 7 nitrogen and oxygen atoms in total. The summed E-state index contributed by atoms with van der Waals surface area (Å²) in [5, 5.41) is 10.3. The summed E-state index contributed by atoms with van der Waals surface area (Å²) in [5.74, 6) is 0.261. The van der Waals surface area contributed by atoms with E-state index >= 15 is 0 Å². The number of rotatable bonds is 11. The molecular weight excluding hydrogens is 534 g/mol. The first-order valence-corrected chi connectivity index (χ1v) is 16.4. The Bertz CT molecular complexity index is 1220. The van der Waals surface area contributed by atoms with Gasteiger partial charge in [-0.3, -0.25) is 4.31 Å². The first kappa shape index (κ1) is 29.9. The largest absolute Gasteiger partial charge is 0.478 e. The number of hydrogen-bond acceptors (Lipinski definition) is 6. The molecule has 2 aromatic rings. The quantitative estimate of drug-likeness (QED) is 0.318. The molecule has 1 N–H and O–H groups in total. The van der Waals surface area contributed by atoms with E-state index in [9.17, 15) is 18.3 Å². The van der Waals surface area contributed by atoms with Gasteiger partial charge >= 0.3 is 5.97 Å². The van der Waals surface area contributed by atoms with Crippen LogP contribution in [0.3, 0.4) is 0 Å². The number of benzene rings is 2. The van der Waals surface area contributed by atoms with E-state index in [1.54, 1.807) is 17.8 Å². The molecule has 0 bridgehead atoms. The Morgan fingerprint density at radius 1 is 1.03 bits per heavy atom. The Labute approximate surface area is 237 Å². The van der Waals surface area contributed by atoms with Crippen LogP contribution < -0.4 is 4.31 Å². The number of carboxylic acids is 1. The predicted molar refractivity (Wildman–Crippen MR) is 156 cm³/mol. The van der Waals surface area contributed by atoms with Gasteiger partial charge < -0.3 is 14.6 Å². The van der Waals surface area contributed by atoms with Crippen molar-refractivity contribution >= 4 is 33.4 Å². The molecule has 0 aromatic heterocycles. The summed E-state index contributed by atoms with van der Waals surface area (Å²) in [7, 11) is -4.03. The fourth-order valence-electron chi connectivity index (χ4n) is 5.22. The van der Waals surface area contributed by atoms with E-state index in [1.807, 2.05) is 38.1 Å². The summed E-state index contributed by atoms with van der Waals surface area (Å²) in [6.45, 7) is 8.93. The summed E-state index contributed by atoms with van der Waals surface area (Å²) in [5.41, 5.74) is 2.60. The third-order valence-electron chi connectivity index (χ3n) is 7.54. The molecule has 2 saturated heterocycles. The zero-order chi connectivity index (χ0) is 28.0. The number of anilines is 1. The minimum Gasteiger partial charge on any atom is -0.478 e. The van der Waals surface area contributed by atoms with E-state index < -0.39 is 16.0 Å². The third-order valence-corrected chi connectivity index (χ3v) is 10.7. The van der Waals surface area contributed by atoms with Gasteiger partial charge in [0, 0.05) is 43.6 Å². The fourth-order valence-corrected chi connectivity index (χ4v) is 8.34. The second kappa shape index (κ2) is 13.5. The maximum absolute atomic E-state index is 14.2. The Balaban J connectivity index is 1.79. The van der Waals surface area contributed by atoms with Crippen molar-refractivity contribution in [2.24, 2.45) is 11.8 Å². The minimum atomic E-state index is -4.03. The number of aromatic carboxylic acids is 1. The highest BCUT2D eigenvalue weighted by Crippen LogP contribution is 2.41. The standard InChI is InChI=1S/C30H41NO6S2/c1-4-22-5-7-25(8-6-22)31(19-21(2)3)39(34,35)26-17-27(24-11-15-37-16-12-24)29(28(18-26)30(32)33)38-20-23-9-13-36-14-10-23/h5-8,17-18,21,23-24H,4,9-16,19-20H2,1-3H3,(H,32,33). The molecule has 0 spiro atoms. The zero-order valence-electron chi connectivity index (χ0n) is 23.2. The lowest BCUT2D eigenvalue weighted by atomic mass is 9.90. The van der Waals surface area contributed by atoms with Gasteiger partial charge in [0.05, 0.1) is 16.1 Å². The Hall–Kier alpha value is -2.07. The maximum Gasteiger partial charge on any atom is 0.336 e. The normalized spacial score (nSPS) is 17.4. The summed E-state index contributed by atoms with van der Waals surface area (Å²) in [4.78, 5) is 13.3. The summed E-state index contributed by atoms with van der Waals surface area (Å²) in [6, 6.07) is 10.7. The number of carboxylic acid groups (broad SMARTS) is 1. The smallest absolute Gasteiger partial charge is 0.336 e. The van der Waals surface area contributed by atoms with Crippen LogP contribution in [0.1, 0.15) is 73.9 Å².